The molecule has 24 heavy (non-hydrogen) atoms. The minimum absolute atomic E-state index is 0. The summed E-state index contributed by atoms with van der Waals surface area (Å²) in [6, 6.07) is 7.35. The number of ether oxygens (including phenoxy) is 1. The normalized spacial score (nSPS) is 10.8. The summed E-state index contributed by atoms with van der Waals surface area (Å²) in [4.78, 5) is 16.0. The van der Waals surface area contributed by atoms with Gasteiger partial charge in [0.25, 0.3) is 0 Å². The number of amides is 1. The summed E-state index contributed by atoms with van der Waals surface area (Å²) in [6.45, 7) is 4.13. The van der Waals surface area contributed by atoms with Crippen LogP contribution in [-0.2, 0) is 11.2 Å². The Labute approximate surface area is 147 Å². The Balaban J connectivity index is 0.00000288. The van der Waals surface area contributed by atoms with Gasteiger partial charge < -0.3 is 20.3 Å². The standard InChI is InChI=1S/C16H22N4O3.ClH/c1-16(2,17)10-18-13(21)8-9-14-19-15(20-23-14)11-4-6-12(22-3)7-5-11;/h4-7H,8-10,17H2,1-3H3,(H,18,21);1H. The number of methoxy groups -OCH3 is 1. The van der Waals surface area contributed by atoms with Crippen LogP contribution in [0.3, 0.4) is 0 Å². The lowest BCUT2D eigenvalue weighted by Crippen LogP contribution is -2.45. The number of carbonyl (C=O) groups excluding carboxylic acids is 1. The molecule has 0 spiro atoms. The first-order valence-electron chi connectivity index (χ1n) is 7.40. The molecule has 0 fully saturated rings. The minimum Gasteiger partial charge on any atom is -0.497 e. The number of aryl methyl sites for hydroxylation is 1. The molecule has 2 aromatic rings. The van der Waals surface area contributed by atoms with Crippen LogP contribution in [0.5, 0.6) is 5.75 Å². The van der Waals surface area contributed by atoms with Crippen LogP contribution in [-0.4, -0.2) is 35.2 Å². The molecule has 0 saturated heterocycles. The number of nitrogens with one attached hydrogen (secondary N) is 1. The van der Waals surface area contributed by atoms with Gasteiger partial charge >= 0.3 is 0 Å². The third-order valence-corrected chi connectivity index (χ3v) is 3.12. The molecule has 7 nitrogen and oxygen atoms in total. The number of halogens is 1. The van der Waals surface area contributed by atoms with Gasteiger partial charge in [0, 0.05) is 30.5 Å². The number of hydrogen-bond donors (Lipinski definition) is 2. The summed E-state index contributed by atoms with van der Waals surface area (Å²) in [7, 11) is 1.61. The van der Waals surface area contributed by atoms with Crippen molar-refractivity contribution in [3.8, 4) is 17.1 Å². The second-order valence-corrected chi connectivity index (χ2v) is 6.01. The average molecular weight is 355 g/mol. The first-order valence-corrected chi connectivity index (χ1v) is 7.40. The van der Waals surface area contributed by atoms with Crippen molar-refractivity contribution in [3.05, 3.63) is 30.2 Å². The fourth-order valence-electron chi connectivity index (χ4n) is 1.85. The van der Waals surface area contributed by atoms with E-state index >= 15 is 0 Å². The van der Waals surface area contributed by atoms with Crippen LogP contribution in [0, 0.1) is 0 Å². The van der Waals surface area contributed by atoms with Gasteiger partial charge in [-0.1, -0.05) is 5.16 Å². The highest BCUT2D eigenvalue weighted by atomic mass is 35.5. The second kappa shape index (κ2) is 8.65. The number of rotatable bonds is 7. The van der Waals surface area contributed by atoms with E-state index in [1.807, 2.05) is 38.1 Å². The van der Waals surface area contributed by atoms with Crippen molar-refractivity contribution in [2.24, 2.45) is 5.73 Å². The maximum atomic E-state index is 11.7. The van der Waals surface area contributed by atoms with E-state index in [9.17, 15) is 4.79 Å². The minimum atomic E-state index is -0.429. The van der Waals surface area contributed by atoms with Crippen LogP contribution in [0.25, 0.3) is 11.4 Å². The molecule has 2 rings (SSSR count). The van der Waals surface area contributed by atoms with E-state index in [0.29, 0.717) is 24.7 Å². The van der Waals surface area contributed by atoms with Gasteiger partial charge in [-0.2, -0.15) is 4.98 Å². The first kappa shape index (κ1) is 19.9. The summed E-state index contributed by atoms with van der Waals surface area (Å²) in [6.07, 6.45) is 0.667. The molecular formula is C16H23ClN4O3. The van der Waals surface area contributed by atoms with Gasteiger partial charge in [0.05, 0.1) is 7.11 Å². The van der Waals surface area contributed by atoms with Gasteiger partial charge in [-0.3, -0.25) is 4.79 Å². The number of benzene rings is 1. The molecule has 3 N–H and O–H groups in total. The maximum Gasteiger partial charge on any atom is 0.227 e. The van der Waals surface area contributed by atoms with Gasteiger partial charge in [0.1, 0.15) is 5.75 Å². The molecule has 1 heterocycles. The van der Waals surface area contributed by atoms with Gasteiger partial charge in [0.2, 0.25) is 17.6 Å². The lowest BCUT2D eigenvalue weighted by molar-refractivity contribution is -0.121. The van der Waals surface area contributed by atoms with Crippen molar-refractivity contribution >= 4 is 18.3 Å². The van der Waals surface area contributed by atoms with E-state index in [4.69, 9.17) is 15.0 Å². The molecule has 0 aliphatic rings. The maximum absolute atomic E-state index is 11.7. The monoisotopic (exact) mass is 354 g/mol. The Morgan fingerprint density at radius 1 is 1.33 bits per heavy atom. The van der Waals surface area contributed by atoms with Crippen LogP contribution < -0.4 is 15.8 Å². The van der Waals surface area contributed by atoms with Gasteiger partial charge in [-0.15, -0.1) is 12.4 Å². The van der Waals surface area contributed by atoms with Crippen molar-refractivity contribution in [3.63, 3.8) is 0 Å². The van der Waals surface area contributed by atoms with E-state index in [0.717, 1.165) is 11.3 Å². The van der Waals surface area contributed by atoms with E-state index < -0.39 is 5.54 Å². The summed E-state index contributed by atoms with van der Waals surface area (Å²) >= 11 is 0. The molecule has 0 aliphatic carbocycles. The van der Waals surface area contributed by atoms with E-state index in [-0.39, 0.29) is 24.7 Å². The molecule has 8 heteroatoms. The van der Waals surface area contributed by atoms with Crippen LogP contribution in [0.4, 0.5) is 0 Å². The Bertz CT molecular complexity index is 650. The van der Waals surface area contributed by atoms with E-state index in [1.54, 1.807) is 7.11 Å². The lowest BCUT2D eigenvalue weighted by Gasteiger charge is -2.18. The average Bonchev–Trinajstić information content (AvgIpc) is 2.99. The quantitative estimate of drug-likeness (QED) is 0.787. The summed E-state index contributed by atoms with van der Waals surface area (Å²) in [5, 5.41) is 6.70. The first-order chi connectivity index (χ1) is 10.9. The highest BCUT2D eigenvalue weighted by Crippen LogP contribution is 2.19. The van der Waals surface area contributed by atoms with Gasteiger partial charge in [-0.25, -0.2) is 0 Å². The molecule has 0 atom stereocenters. The van der Waals surface area contributed by atoms with Crippen LogP contribution >= 0.6 is 12.4 Å². The molecule has 0 bridgehead atoms. The summed E-state index contributed by atoms with van der Waals surface area (Å²) < 4.78 is 10.3. The second-order valence-electron chi connectivity index (χ2n) is 6.01. The number of nitrogens with zero attached hydrogens (tertiary/aromatic N) is 2. The zero-order valence-corrected chi connectivity index (χ0v) is 14.9. The third kappa shape index (κ3) is 6.17. The fraction of sp³-hybridized carbons (Fsp3) is 0.438. The van der Waals surface area contributed by atoms with Crippen LogP contribution in [0.2, 0.25) is 0 Å². The van der Waals surface area contributed by atoms with Crippen LogP contribution in [0.1, 0.15) is 26.2 Å². The van der Waals surface area contributed by atoms with E-state index in [2.05, 4.69) is 15.5 Å². The molecule has 0 unspecified atom stereocenters. The smallest absolute Gasteiger partial charge is 0.227 e. The lowest BCUT2D eigenvalue weighted by atomic mass is 10.1. The Morgan fingerprint density at radius 3 is 2.58 bits per heavy atom. The predicted molar refractivity (Wildman–Crippen MR) is 93.1 cm³/mol. The Hall–Kier alpha value is -2.12. The van der Waals surface area contributed by atoms with Gasteiger partial charge in [0.15, 0.2) is 0 Å². The predicted octanol–water partition coefficient (Wildman–Crippen LogP) is 1.95. The number of aromatic nitrogens is 2. The zero-order chi connectivity index (χ0) is 16.9. The molecule has 1 amide bonds. The molecule has 0 radical (unpaired) electrons. The Morgan fingerprint density at radius 2 is 2.00 bits per heavy atom. The molecule has 0 aliphatic heterocycles. The third-order valence-electron chi connectivity index (χ3n) is 3.12. The highest BCUT2D eigenvalue weighted by Gasteiger charge is 2.14. The molecular weight excluding hydrogens is 332 g/mol. The molecule has 0 saturated carbocycles. The molecule has 1 aromatic heterocycles. The topological polar surface area (TPSA) is 103 Å². The molecule has 1 aromatic carbocycles. The highest BCUT2D eigenvalue weighted by molar-refractivity contribution is 5.85. The van der Waals surface area contributed by atoms with Crippen molar-refractivity contribution < 1.29 is 14.1 Å². The summed E-state index contributed by atoms with van der Waals surface area (Å²) in [5.74, 6) is 1.59. The Kier molecular flexibility index (Phi) is 7.18. The molecule has 132 valence electrons. The zero-order valence-electron chi connectivity index (χ0n) is 14.0. The van der Waals surface area contributed by atoms with E-state index in [1.165, 1.54) is 0 Å². The number of hydrogen-bond acceptors (Lipinski definition) is 6. The largest absolute Gasteiger partial charge is 0.497 e. The van der Waals surface area contributed by atoms with Crippen molar-refractivity contribution in [2.45, 2.75) is 32.2 Å². The number of carbonyl (C=O) groups is 1. The van der Waals surface area contributed by atoms with Crippen molar-refractivity contribution in [2.75, 3.05) is 13.7 Å². The van der Waals surface area contributed by atoms with Crippen molar-refractivity contribution in [1.82, 2.24) is 15.5 Å². The van der Waals surface area contributed by atoms with Crippen LogP contribution in [0.15, 0.2) is 28.8 Å². The number of nitrogens with two attached hydrogens (primary N) is 1. The SMILES string of the molecule is COc1ccc(-c2noc(CCC(=O)NCC(C)(C)N)n2)cc1.Cl. The van der Waals surface area contributed by atoms with Gasteiger partial charge in [-0.05, 0) is 38.1 Å². The fourth-order valence-corrected chi connectivity index (χ4v) is 1.85. The van der Waals surface area contributed by atoms with Crippen molar-refractivity contribution in [1.29, 1.82) is 0 Å². The summed E-state index contributed by atoms with van der Waals surface area (Å²) in [5.41, 5.74) is 6.21.